The van der Waals surface area contributed by atoms with Gasteiger partial charge in [-0.1, -0.05) is 19.0 Å². The molecule has 1 aromatic rings. The van der Waals surface area contributed by atoms with Crippen molar-refractivity contribution in [1.29, 1.82) is 0 Å². The molecule has 0 atom stereocenters. The summed E-state index contributed by atoms with van der Waals surface area (Å²) in [6.45, 7) is 6.58. The van der Waals surface area contributed by atoms with Crippen LogP contribution < -0.4 is 5.32 Å². The molecule has 0 aromatic carbocycles. The fourth-order valence-electron chi connectivity index (χ4n) is 1.14. The largest absolute Gasteiger partial charge is 0.377 e. The van der Waals surface area contributed by atoms with Crippen LogP contribution in [0.4, 0.5) is 0 Å². The average Bonchev–Trinajstić information content (AvgIpc) is 2.53. The molecular weight excluding hydrogens is 180 g/mol. The van der Waals surface area contributed by atoms with Crippen molar-refractivity contribution < 1.29 is 9.26 Å². The first-order valence-corrected chi connectivity index (χ1v) is 4.86. The summed E-state index contributed by atoms with van der Waals surface area (Å²) in [5.41, 5.74) is 0.928. The van der Waals surface area contributed by atoms with E-state index in [0.717, 1.165) is 24.5 Å². The summed E-state index contributed by atoms with van der Waals surface area (Å²) >= 11 is 0. The Bertz CT molecular complexity index is 258. The van der Waals surface area contributed by atoms with Crippen LogP contribution in [0.3, 0.4) is 0 Å². The zero-order valence-electron chi connectivity index (χ0n) is 9.04. The summed E-state index contributed by atoms with van der Waals surface area (Å²) in [4.78, 5) is 0. The molecule has 0 radical (unpaired) electrons. The molecule has 0 aliphatic rings. The second kappa shape index (κ2) is 5.78. The van der Waals surface area contributed by atoms with Crippen molar-refractivity contribution in [3.63, 3.8) is 0 Å². The van der Waals surface area contributed by atoms with Crippen molar-refractivity contribution in [3.05, 3.63) is 17.5 Å². The first kappa shape index (κ1) is 11.2. The molecule has 1 N–H and O–H groups in total. The fourth-order valence-corrected chi connectivity index (χ4v) is 1.14. The van der Waals surface area contributed by atoms with E-state index in [0.29, 0.717) is 12.5 Å². The van der Waals surface area contributed by atoms with E-state index in [1.54, 1.807) is 7.11 Å². The fraction of sp³-hybridized carbons (Fsp3) is 0.700. The predicted octanol–water partition coefficient (Wildman–Crippen LogP) is 1.57. The summed E-state index contributed by atoms with van der Waals surface area (Å²) in [5.74, 6) is 1.43. The minimum Gasteiger partial charge on any atom is -0.377 e. The molecule has 0 aliphatic carbocycles. The van der Waals surface area contributed by atoms with Crippen LogP contribution in [0.25, 0.3) is 0 Å². The summed E-state index contributed by atoms with van der Waals surface area (Å²) in [6.07, 6.45) is 0. The Morgan fingerprint density at radius 3 is 3.00 bits per heavy atom. The summed E-state index contributed by atoms with van der Waals surface area (Å²) in [5, 5.41) is 7.21. The second-order valence-electron chi connectivity index (χ2n) is 3.74. The van der Waals surface area contributed by atoms with E-state index in [9.17, 15) is 0 Å². The quantitative estimate of drug-likeness (QED) is 0.753. The predicted molar refractivity (Wildman–Crippen MR) is 53.8 cm³/mol. The smallest absolute Gasteiger partial charge is 0.162 e. The monoisotopic (exact) mass is 198 g/mol. The van der Waals surface area contributed by atoms with Crippen LogP contribution in [0.5, 0.6) is 0 Å². The van der Waals surface area contributed by atoms with Crippen LogP contribution in [0, 0.1) is 5.92 Å². The van der Waals surface area contributed by atoms with E-state index in [-0.39, 0.29) is 0 Å². The van der Waals surface area contributed by atoms with E-state index >= 15 is 0 Å². The Hall–Kier alpha value is -0.870. The van der Waals surface area contributed by atoms with Gasteiger partial charge in [-0.05, 0) is 12.5 Å². The van der Waals surface area contributed by atoms with Crippen LogP contribution in [-0.4, -0.2) is 18.8 Å². The second-order valence-corrected chi connectivity index (χ2v) is 3.74. The van der Waals surface area contributed by atoms with Crippen molar-refractivity contribution in [1.82, 2.24) is 10.5 Å². The molecule has 14 heavy (non-hydrogen) atoms. The number of nitrogens with zero attached hydrogens (tertiary/aromatic N) is 1. The number of hydrogen-bond acceptors (Lipinski definition) is 4. The number of nitrogens with one attached hydrogen (secondary N) is 1. The average molecular weight is 198 g/mol. The maximum absolute atomic E-state index is 5.05. The highest BCUT2D eigenvalue weighted by Crippen LogP contribution is 2.04. The van der Waals surface area contributed by atoms with Gasteiger partial charge in [0.1, 0.15) is 6.61 Å². The molecule has 1 aromatic heterocycles. The molecule has 0 bridgehead atoms. The van der Waals surface area contributed by atoms with E-state index in [2.05, 4.69) is 24.3 Å². The Balaban J connectivity index is 2.28. The first-order valence-electron chi connectivity index (χ1n) is 4.86. The van der Waals surface area contributed by atoms with Gasteiger partial charge in [0.2, 0.25) is 0 Å². The maximum atomic E-state index is 5.05. The highest BCUT2D eigenvalue weighted by atomic mass is 16.5. The number of methoxy groups -OCH3 is 1. The molecule has 1 heterocycles. The SMILES string of the molecule is COCc1cc(CNCC(C)C)no1. The maximum Gasteiger partial charge on any atom is 0.162 e. The topological polar surface area (TPSA) is 47.3 Å². The molecule has 0 saturated carbocycles. The third-order valence-corrected chi connectivity index (χ3v) is 1.75. The van der Waals surface area contributed by atoms with Crippen molar-refractivity contribution in [3.8, 4) is 0 Å². The Morgan fingerprint density at radius 2 is 2.36 bits per heavy atom. The van der Waals surface area contributed by atoms with E-state index in [1.807, 2.05) is 6.07 Å². The molecule has 0 amide bonds. The molecule has 0 aliphatic heterocycles. The summed E-state index contributed by atoms with van der Waals surface area (Å²) < 4.78 is 9.98. The minimum absolute atomic E-state index is 0.483. The van der Waals surface area contributed by atoms with Gasteiger partial charge in [0.05, 0.1) is 5.69 Å². The lowest BCUT2D eigenvalue weighted by atomic mass is 10.2. The van der Waals surface area contributed by atoms with Gasteiger partial charge in [-0.25, -0.2) is 0 Å². The third kappa shape index (κ3) is 3.89. The lowest BCUT2D eigenvalue weighted by Gasteiger charge is -2.03. The van der Waals surface area contributed by atoms with Gasteiger partial charge in [-0.15, -0.1) is 0 Å². The Morgan fingerprint density at radius 1 is 1.57 bits per heavy atom. The molecule has 4 heteroatoms. The molecule has 1 rings (SSSR count). The van der Waals surface area contributed by atoms with E-state index < -0.39 is 0 Å². The molecule has 80 valence electrons. The van der Waals surface area contributed by atoms with E-state index in [4.69, 9.17) is 9.26 Å². The van der Waals surface area contributed by atoms with Gasteiger partial charge in [0.15, 0.2) is 5.76 Å². The molecular formula is C10H18N2O2. The van der Waals surface area contributed by atoms with Crippen LogP contribution in [0.2, 0.25) is 0 Å². The normalized spacial score (nSPS) is 11.1. The van der Waals surface area contributed by atoms with Crippen LogP contribution in [0.1, 0.15) is 25.3 Å². The zero-order chi connectivity index (χ0) is 10.4. The highest BCUT2D eigenvalue weighted by Gasteiger charge is 2.03. The van der Waals surface area contributed by atoms with Gasteiger partial charge in [-0.3, -0.25) is 0 Å². The van der Waals surface area contributed by atoms with Crippen LogP contribution >= 0.6 is 0 Å². The standard InChI is InChI=1S/C10H18N2O2/c1-8(2)5-11-6-9-4-10(7-13-3)14-12-9/h4,8,11H,5-7H2,1-3H3. The van der Waals surface area contributed by atoms with Crippen molar-refractivity contribution in [2.75, 3.05) is 13.7 Å². The van der Waals surface area contributed by atoms with Crippen molar-refractivity contribution in [2.24, 2.45) is 5.92 Å². The highest BCUT2D eigenvalue weighted by molar-refractivity contribution is 5.04. The minimum atomic E-state index is 0.483. The molecule has 4 nitrogen and oxygen atoms in total. The van der Waals surface area contributed by atoms with Gasteiger partial charge in [-0.2, -0.15) is 0 Å². The molecule has 0 saturated heterocycles. The first-order chi connectivity index (χ1) is 6.72. The summed E-state index contributed by atoms with van der Waals surface area (Å²) in [7, 11) is 1.64. The van der Waals surface area contributed by atoms with Crippen LogP contribution in [-0.2, 0) is 17.9 Å². The Labute approximate surface area is 84.6 Å². The Kier molecular flexibility index (Phi) is 4.62. The van der Waals surface area contributed by atoms with Crippen molar-refractivity contribution in [2.45, 2.75) is 27.0 Å². The number of ether oxygens (including phenoxy) is 1. The van der Waals surface area contributed by atoms with Gasteiger partial charge < -0.3 is 14.6 Å². The lowest BCUT2D eigenvalue weighted by molar-refractivity contribution is 0.155. The van der Waals surface area contributed by atoms with Gasteiger partial charge in [0.25, 0.3) is 0 Å². The number of aromatic nitrogens is 1. The number of rotatable bonds is 6. The molecule has 0 spiro atoms. The molecule has 0 fully saturated rings. The van der Waals surface area contributed by atoms with Crippen LogP contribution in [0.15, 0.2) is 10.6 Å². The van der Waals surface area contributed by atoms with Crippen molar-refractivity contribution >= 4 is 0 Å². The van der Waals surface area contributed by atoms with Gasteiger partial charge >= 0.3 is 0 Å². The zero-order valence-corrected chi connectivity index (χ0v) is 9.04. The van der Waals surface area contributed by atoms with Gasteiger partial charge in [0, 0.05) is 19.7 Å². The third-order valence-electron chi connectivity index (χ3n) is 1.75. The van der Waals surface area contributed by atoms with E-state index in [1.165, 1.54) is 0 Å². The number of hydrogen-bond donors (Lipinski definition) is 1. The summed E-state index contributed by atoms with van der Waals surface area (Å²) in [6, 6.07) is 1.91. The lowest BCUT2D eigenvalue weighted by Crippen LogP contribution is -2.19. The molecule has 0 unspecified atom stereocenters.